The number of anilines is 2. The van der Waals surface area contributed by atoms with Crippen molar-refractivity contribution < 1.29 is 4.79 Å². The monoisotopic (exact) mass is 352 g/mol. The van der Waals surface area contributed by atoms with Crippen molar-refractivity contribution in [3.63, 3.8) is 0 Å². The lowest BCUT2D eigenvalue weighted by Gasteiger charge is -2.26. The Morgan fingerprint density at radius 1 is 1.15 bits per heavy atom. The number of nitrogens with one attached hydrogen (secondary N) is 1. The molecule has 1 fully saturated rings. The molecule has 0 bridgehead atoms. The maximum absolute atomic E-state index is 11.9. The Bertz CT molecular complexity index is 774. The Morgan fingerprint density at radius 3 is 2.73 bits per heavy atom. The maximum atomic E-state index is 11.9. The van der Waals surface area contributed by atoms with Gasteiger partial charge in [-0.3, -0.25) is 4.79 Å². The third-order valence-corrected chi connectivity index (χ3v) is 5.14. The molecule has 1 aromatic carbocycles. The van der Waals surface area contributed by atoms with E-state index in [2.05, 4.69) is 17.2 Å². The molecule has 0 spiro atoms. The minimum Gasteiger partial charge on any atom is -0.399 e. The summed E-state index contributed by atoms with van der Waals surface area (Å²) < 4.78 is 0. The number of nitrogen functional groups attached to an aromatic ring is 1. The molecule has 3 rings (SSSR count). The number of nitrogens with two attached hydrogens (primary N) is 2. The van der Waals surface area contributed by atoms with Gasteiger partial charge in [-0.25, -0.2) is 4.98 Å². The number of benzene rings is 1. The molecule has 5 heteroatoms. The van der Waals surface area contributed by atoms with Gasteiger partial charge in [-0.1, -0.05) is 44.7 Å². The first kappa shape index (κ1) is 18.2. The number of hydrogen-bond donors (Lipinski definition) is 3. The molecule has 1 aliphatic carbocycles. The van der Waals surface area contributed by atoms with Crippen molar-refractivity contribution in [2.75, 3.05) is 11.1 Å². The molecule has 1 aliphatic rings. The van der Waals surface area contributed by atoms with E-state index in [0.717, 1.165) is 29.7 Å². The van der Waals surface area contributed by atoms with E-state index in [1.807, 2.05) is 30.3 Å². The Labute approximate surface area is 155 Å². The fourth-order valence-electron chi connectivity index (χ4n) is 3.78. The van der Waals surface area contributed by atoms with Gasteiger partial charge in [-0.2, -0.15) is 0 Å². The first-order valence-corrected chi connectivity index (χ1v) is 9.45. The van der Waals surface area contributed by atoms with E-state index >= 15 is 0 Å². The number of primary amides is 1. The van der Waals surface area contributed by atoms with Crippen molar-refractivity contribution >= 4 is 17.3 Å². The minimum absolute atomic E-state index is 0.298. The Kier molecular flexibility index (Phi) is 5.76. The third kappa shape index (κ3) is 4.54. The highest BCUT2D eigenvalue weighted by molar-refractivity contribution is 5.97. The fourth-order valence-corrected chi connectivity index (χ4v) is 3.78. The molecule has 0 radical (unpaired) electrons. The third-order valence-electron chi connectivity index (χ3n) is 5.14. The van der Waals surface area contributed by atoms with E-state index in [4.69, 9.17) is 11.5 Å². The highest BCUT2D eigenvalue weighted by Gasteiger charge is 2.19. The molecule has 0 aliphatic heterocycles. The molecule has 2 unspecified atom stereocenters. The number of amides is 1. The van der Waals surface area contributed by atoms with Gasteiger partial charge in [-0.05, 0) is 42.5 Å². The largest absolute Gasteiger partial charge is 0.399 e. The molecule has 1 amide bonds. The van der Waals surface area contributed by atoms with Gasteiger partial charge in [0.25, 0.3) is 5.91 Å². The maximum Gasteiger partial charge on any atom is 0.269 e. The van der Waals surface area contributed by atoms with Crippen molar-refractivity contribution in [3.05, 3.63) is 42.2 Å². The molecule has 2 aromatic rings. The Morgan fingerprint density at radius 2 is 1.96 bits per heavy atom. The molecule has 2 atom stereocenters. The predicted molar refractivity (Wildman–Crippen MR) is 107 cm³/mol. The first-order valence-electron chi connectivity index (χ1n) is 9.45. The molecular formula is C21H28N4O. The number of carbonyl (C=O) groups is 1. The van der Waals surface area contributed by atoms with Gasteiger partial charge in [0.15, 0.2) is 5.69 Å². The number of aromatic nitrogens is 1. The highest BCUT2D eigenvalue weighted by atomic mass is 16.1. The summed E-state index contributed by atoms with van der Waals surface area (Å²) in [5.74, 6) is 0.167. The summed E-state index contributed by atoms with van der Waals surface area (Å²) in [5.41, 5.74) is 15.1. The standard InChI is InChI=1S/C21H28N4O/c1-14-6-3-2-4-9-18(10-14)25-19-12-16(13-24-20(19)21(23)26)15-7-5-8-17(22)11-15/h5,7-8,11-14,18,25H,2-4,6,9-10,22H2,1H3,(H2,23,26). The van der Waals surface area contributed by atoms with E-state index < -0.39 is 5.91 Å². The molecule has 138 valence electrons. The first-order chi connectivity index (χ1) is 12.5. The van der Waals surface area contributed by atoms with Crippen LogP contribution in [0, 0.1) is 5.92 Å². The van der Waals surface area contributed by atoms with Crippen molar-refractivity contribution in [1.29, 1.82) is 0 Å². The second kappa shape index (κ2) is 8.21. The SMILES string of the molecule is CC1CCCCCC(Nc2cc(-c3cccc(N)c3)cnc2C(N)=O)C1. The molecule has 1 aromatic heterocycles. The van der Waals surface area contributed by atoms with Crippen LogP contribution in [0.15, 0.2) is 36.5 Å². The van der Waals surface area contributed by atoms with Gasteiger partial charge in [0.05, 0.1) is 5.69 Å². The van der Waals surface area contributed by atoms with Crippen LogP contribution < -0.4 is 16.8 Å². The second-order valence-corrected chi connectivity index (χ2v) is 7.43. The lowest BCUT2D eigenvalue weighted by molar-refractivity contribution is 0.0996. The Balaban J connectivity index is 1.90. The minimum atomic E-state index is -0.509. The van der Waals surface area contributed by atoms with Crippen molar-refractivity contribution in [2.45, 2.75) is 51.5 Å². The smallest absolute Gasteiger partial charge is 0.269 e. The lowest BCUT2D eigenvalue weighted by atomic mass is 9.89. The van der Waals surface area contributed by atoms with E-state index in [1.54, 1.807) is 6.20 Å². The number of nitrogens with zero attached hydrogens (tertiary/aromatic N) is 1. The molecule has 0 saturated heterocycles. The zero-order valence-electron chi connectivity index (χ0n) is 15.4. The molecule has 26 heavy (non-hydrogen) atoms. The van der Waals surface area contributed by atoms with E-state index in [1.165, 1.54) is 25.7 Å². The van der Waals surface area contributed by atoms with Crippen LogP contribution in [0.1, 0.15) is 55.9 Å². The van der Waals surface area contributed by atoms with Crippen molar-refractivity contribution in [2.24, 2.45) is 11.7 Å². The van der Waals surface area contributed by atoms with E-state index in [9.17, 15) is 4.79 Å². The quantitative estimate of drug-likeness (QED) is 0.719. The molecule has 1 heterocycles. The Hall–Kier alpha value is -2.56. The summed E-state index contributed by atoms with van der Waals surface area (Å²) in [5, 5.41) is 3.56. The van der Waals surface area contributed by atoms with Crippen molar-refractivity contribution in [1.82, 2.24) is 4.98 Å². The van der Waals surface area contributed by atoms with Crippen LogP contribution >= 0.6 is 0 Å². The van der Waals surface area contributed by atoms with Gasteiger partial charge < -0.3 is 16.8 Å². The number of hydrogen-bond acceptors (Lipinski definition) is 4. The summed E-state index contributed by atoms with van der Waals surface area (Å²) in [6.45, 7) is 2.30. The van der Waals surface area contributed by atoms with Crippen LogP contribution in [-0.2, 0) is 0 Å². The van der Waals surface area contributed by atoms with Crippen LogP contribution in [0.3, 0.4) is 0 Å². The zero-order chi connectivity index (χ0) is 18.5. The summed E-state index contributed by atoms with van der Waals surface area (Å²) >= 11 is 0. The van der Waals surface area contributed by atoms with Crippen LogP contribution in [0.4, 0.5) is 11.4 Å². The molecular weight excluding hydrogens is 324 g/mol. The van der Waals surface area contributed by atoms with Gasteiger partial charge >= 0.3 is 0 Å². The molecule has 5 nitrogen and oxygen atoms in total. The van der Waals surface area contributed by atoms with Crippen molar-refractivity contribution in [3.8, 4) is 11.1 Å². The van der Waals surface area contributed by atoms with Gasteiger partial charge in [0, 0.05) is 23.5 Å². The van der Waals surface area contributed by atoms with E-state index in [-0.39, 0.29) is 0 Å². The average Bonchev–Trinajstić information content (AvgIpc) is 2.59. The summed E-state index contributed by atoms with van der Waals surface area (Å²) in [7, 11) is 0. The topological polar surface area (TPSA) is 94.0 Å². The van der Waals surface area contributed by atoms with Crippen LogP contribution in [0.2, 0.25) is 0 Å². The second-order valence-electron chi connectivity index (χ2n) is 7.43. The van der Waals surface area contributed by atoms with Gasteiger partial charge in [0.2, 0.25) is 0 Å². The summed E-state index contributed by atoms with van der Waals surface area (Å²) in [6, 6.07) is 9.95. The van der Waals surface area contributed by atoms with Crippen LogP contribution in [0.5, 0.6) is 0 Å². The summed E-state index contributed by atoms with van der Waals surface area (Å²) in [4.78, 5) is 16.2. The van der Waals surface area contributed by atoms with Gasteiger partial charge in [-0.15, -0.1) is 0 Å². The average molecular weight is 352 g/mol. The number of rotatable bonds is 4. The zero-order valence-corrected chi connectivity index (χ0v) is 15.4. The predicted octanol–water partition coefficient (Wildman–Crippen LogP) is 4.20. The van der Waals surface area contributed by atoms with Crippen LogP contribution in [-0.4, -0.2) is 16.9 Å². The van der Waals surface area contributed by atoms with E-state index in [0.29, 0.717) is 23.3 Å². The molecule has 5 N–H and O–H groups in total. The summed E-state index contributed by atoms with van der Waals surface area (Å²) in [6.07, 6.45) is 8.94. The van der Waals surface area contributed by atoms with Crippen LogP contribution in [0.25, 0.3) is 11.1 Å². The lowest BCUT2D eigenvalue weighted by Crippen LogP contribution is -2.26. The number of carbonyl (C=O) groups excluding carboxylic acids is 1. The fraction of sp³-hybridized carbons (Fsp3) is 0.429. The molecule has 1 saturated carbocycles. The highest BCUT2D eigenvalue weighted by Crippen LogP contribution is 2.29. The normalized spacial score (nSPS) is 20.8. The number of pyridine rings is 1. The van der Waals surface area contributed by atoms with Gasteiger partial charge in [0.1, 0.15) is 0 Å².